The second-order valence-corrected chi connectivity index (χ2v) is 7.73. The highest BCUT2D eigenvalue weighted by Gasteiger charge is 2.54. The van der Waals surface area contributed by atoms with Gasteiger partial charge in [-0.3, -0.25) is 19.4 Å². The molecular weight excluding hydrogens is 240 g/mol. The molecule has 0 aromatic heterocycles. The summed E-state index contributed by atoms with van der Waals surface area (Å²) >= 11 is 0. The Labute approximate surface area is 116 Å². The van der Waals surface area contributed by atoms with Crippen molar-refractivity contribution in [3.05, 3.63) is 0 Å². The molecule has 0 aromatic carbocycles. The van der Waals surface area contributed by atoms with Crippen LogP contribution in [0, 0.1) is 0 Å². The van der Waals surface area contributed by atoms with Gasteiger partial charge in [-0.1, -0.05) is 0 Å². The second kappa shape index (κ2) is 4.38. The lowest BCUT2D eigenvalue weighted by molar-refractivity contribution is -0.134. The van der Waals surface area contributed by atoms with Gasteiger partial charge in [0, 0.05) is 24.2 Å². The van der Waals surface area contributed by atoms with Gasteiger partial charge in [0.2, 0.25) is 0 Å². The van der Waals surface area contributed by atoms with E-state index in [9.17, 15) is 9.59 Å². The lowest BCUT2D eigenvalue weighted by atomic mass is 9.92. The van der Waals surface area contributed by atoms with E-state index in [-0.39, 0.29) is 41.1 Å². The number of ketones is 2. The fraction of sp³-hybridized carbons (Fsp3) is 0.867. The molecular formula is C15H26N2O2. The molecule has 2 fully saturated rings. The molecule has 1 heterocycles. The molecule has 1 aliphatic heterocycles. The first kappa shape index (κ1) is 14.7. The average molecular weight is 266 g/mol. The summed E-state index contributed by atoms with van der Waals surface area (Å²) in [5.74, 6) is 0.192. The van der Waals surface area contributed by atoms with E-state index in [2.05, 4.69) is 51.3 Å². The minimum atomic E-state index is -0.250. The van der Waals surface area contributed by atoms with Gasteiger partial charge >= 0.3 is 0 Å². The van der Waals surface area contributed by atoms with Gasteiger partial charge < -0.3 is 0 Å². The molecule has 2 unspecified atom stereocenters. The number of Topliss-reactive ketones (excluding diaryl/α,β-unsaturated/α-hetero) is 2. The summed E-state index contributed by atoms with van der Waals surface area (Å²) in [6.07, 6.45) is 0.106. The molecule has 0 bridgehead atoms. The average Bonchev–Trinajstić information content (AvgIpc) is 2.51. The molecule has 19 heavy (non-hydrogen) atoms. The van der Waals surface area contributed by atoms with Gasteiger partial charge in [-0.2, -0.15) is 0 Å². The molecule has 1 aliphatic carbocycles. The molecule has 2 rings (SSSR count). The molecule has 0 spiro atoms. The van der Waals surface area contributed by atoms with Crippen LogP contribution >= 0.6 is 0 Å². The van der Waals surface area contributed by atoms with Crippen LogP contribution in [0.25, 0.3) is 0 Å². The van der Waals surface area contributed by atoms with Gasteiger partial charge in [0.05, 0.1) is 18.5 Å². The zero-order valence-corrected chi connectivity index (χ0v) is 13.0. The first-order chi connectivity index (χ1) is 8.53. The molecule has 1 saturated carbocycles. The number of carbonyl (C=O) groups is 2. The molecule has 0 amide bonds. The van der Waals surface area contributed by atoms with Crippen molar-refractivity contribution in [2.24, 2.45) is 0 Å². The normalized spacial score (nSPS) is 30.8. The van der Waals surface area contributed by atoms with E-state index in [1.165, 1.54) is 0 Å². The van der Waals surface area contributed by atoms with Crippen molar-refractivity contribution < 1.29 is 9.59 Å². The Balaban J connectivity index is 2.38. The Morgan fingerprint density at radius 1 is 0.789 bits per heavy atom. The quantitative estimate of drug-likeness (QED) is 0.623. The van der Waals surface area contributed by atoms with E-state index in [1.807, 2.05) is 0 Å². The maximum Gasteiger partial charge on any atom is 0.159 e. The van der Waals surface area contributed by atoms with E-state index in [0.29, 0.717) is 0 Å². The predicted molar refractivity (Wildman–Crippen MR) is 75.1 cm³/mol. The molecule has 108 valence electrons. The number of piperazine rings is 1. The minimum absolute atomic E-state index is 0.0762. The van der Waals surface area contributed by atoms with E-state index >= 15 is 0 Å². The third kappa shape index (κ3) is 2.48. The summed E-state index contributed by atoms with van der Waals surface area (Å²) in [6.45, 7) is 14.4. The maximum atomic E-state index is 12.3. The van der Waals surface area contributed by atoms with Gasteiger partial charge in [-0.05, 0) is 41.5 Å². The summed E-state index contributed by atoms with van der Waals surface area (Å²) < 4.78 is 0. The van der Waals surface area contributed by atoms with Crippen LogP contribution in [0.1, 0.15) is 48.0 Å². The summed E-state index contributed by atoms with van der Waals surface area (Å²) in [6, 6.07) is -0.499. The van der Waals surface area contributed by atoms with Crippen molar-refractivity contribution in [2.75, 3.05) is 13.1 Å². The predicted octanol–water partition coefficient (Wildman–Crippen LogP) is 1.48. The fourth-order valence-corrected chi connectivity index (χ4v) is 3.42. The van der Waals surface area contributed by atoms with Crippen molar-refractivity contribution >= 4 is 11.6 Å². The highest BCUT2D eigenvalue weighted by atomic mass is 16.2. The zero-order chi connectivity index (χ0) is 14.6. The van der Waals surface area contributed by atoms with Gasteiger partial charge in [-0.15, -0.1) is 0 Å². The summed E-state index contributed by atoms with van der Waals surface area (Å²) in [4.78, 5) is 28.9. The van der Waals surface area contributed by atoms with Crippen molar-refractivity contribution in [1.82, 2.24) is 9.80 Å². The van der Waals surface area contributed by atoms with Crippen LogP contribution in [-0.2, 0) is 9.59 Å². The topological polar surface area (TPSA) is 40.6 Å². The Bertz CT molecular complexity index is 365. The second-order valence-electron chi connectivity index (χ2n) is 7.73. The van der Waals surface area contributed by atoms with Gasteiger partial charge in [0.1, 0.15) is 0 Å². The summed E-state index contributed by atoms with van der Waals surface area (Å²) in [5.41, 5.74) is -0.152. The molecule has 2 aliphatic rings. The van der Waals surface area contributed by atoms with Crippen molar-refractivity contribution in [3.8, 4) is 0 Å². The van der Waals surface area contributed by atoms with E-state index in [1.54, 1.807) is 0 Å². The van der Waals surface area contributed by atoms with Crippen LogP contribution in [0.15, 0.2) is 0 Å². The third-order valence-electron chi connectivity index (χ3n) is 4.28. The number of hydrogen-bond acceptors (Lipinski definition) is 4. The number of hydrogen-bond donors (Lipinski definition) is 0. The lowest BCUT2D eigenvalue weighted by Crippen LogP contribution is -2.68. The van der Waals surface area contributed by atoms with Crippen molar-refractivity contribution in [1.29, 1.82) is 0 Å². The number of carbonyl (C=O) groups excluding carboxylic acids is 2. The van der Waals surface area contributed by atoms with Gasteiger partial charge in [0.15, 0.2) is 11.6 Å². The minimum Gasteiger partial charge on any atom is -0.297 e. The molecule has 0 N–H and O–H groups in total. The highest BCUT2D eigenvalue weighted by molar-refractivity contribution is 6.12. The van der Waals surface area contributed by atoms with E-state index in [4.69, 9.17) is 0 Å². The van der Waals surface area contributed by atoms with Crippen LogP contribution in [0.2, 0.25) is 0 Å². The van der Waals surface area contributed by atoms with Crippen LogP contribution in [0.3, 0.4) is 0 Å². The number of fused-ring (bicyclic) bond motifs is 1. The molecule has 0 radical (unpaired) electrons. The van der Waals surface area contributed by atoms with Crippen LogP contribution in [0.5, 0.6) is 0 Å². The number of rotatable bonds is 0. The summed E-state index contributed by atoms with van der Waals surface area (Å²) in [5, 5.41) is 0. The van der Waals surface area contributed by atoms with Crippen molar-refractivity contribution in [3.63, 3.8) is 0 Å². The Kier molecular flexibility index (Phi) is 3.38. The van der Waals surface area contributed by atoms with E-state index in [0.717, 1.165) is 13.1 Å². The molecule has 1 saturated heterocycles. The first-order valence-corrected chi connectivity index (χ1v) is 7.12. The standard InChI is InChI=1S/C15H26N2O2/c1-14(2,3)16-7-8-17(15(4,5)6)13-11(19)9-10(18)12(13)16/h12-13H,7-9H2,1-6H3. The Hall–Kier alpha value is -0.740. The lowest BCUT2D eigenvalue weighted by Gasteiger charge is -2.52. The number of nitrogens with zero attached hydrogens (tertiary/aromatic N) is 2. The molecule has 4 heteroatoms. The Morgan fingerprint density at radius 2 is 1.11 bits per heavy atom. The SMILES string of the molecule is CC(C)(C)N1CCN(C(C)(C)C)C2C(=O)CC(=O)C21. The first-order valence-electron chi connectivity index (χ1n) is 7.12. The molecule has 2 atom stereocenters. The highest BCUT2D eigenvalue weighted by Crippen LogP contribution is 2.35. The Morgan fingerprint density at radius 3 is 1.37 bits per heavy atom. The maximum absolute atomic E-state index is 12.3. The van der Waals surface area contributed by atoms with Gasteiger partial charge in [-0.25, -0.2) is 0 Å². The van der Waals surface area contributed by atoms with E-state index < -0.39 is 0 Å². The molecule has 0 aromatic rings. The fourth-order valence-electron chi connectivity index (χ4n) is 3.42. The smallest absolute Gasteiger partial charge is 0.159 e. The third-order valence-corrected chi connectivity index (χ3v) is 4.28. The summed E-state index contributed by atoms with van der Waals surface area (Å²) in [7, 11) is 0. The van der Waals surface area contributed by atoms with Crippen LogP contribution < -0.4 is 0 Å². The molecule has 4 nitrogen and oxygen atoms in total. The largest absolute Gasteiger partial charge is 0.297 e. The monoisotopic (exact) mass is 266 g/mol. The van der Waals surface area contributed by atoms with Crippen molar-refractivity contribution in [2.45, 2.75) is 71.1 Å². The zero-order valence-electron chi connectivity index (χ0n) is 13.0. The van der Waals surface area contributed by atoms with Crippen LogP contribution in [-0.4, -0.2) is 57.6 Å². The van der Waals surface area contributed by atoms with Crippen LogP contribution in [0.4, 0.5) is 0 Å². The van der Waals surface area contributed by atoms with Gasteiger partial charge in [0.25, 0.3) is 0 Å².